The predicted octanol–water partition coefficient (Wildman–Crippen LogP) is -3.80. The molecule has 1 unspecified atom stereocenters. The molecule has 33 heavy (non-hydrogen) atoms. The van der Waals surface area contributed by atoms with E-state index in [9.17, 15) is 4.39 Å². The molecule has 0 spiro atoms. The first-order valence-corrected chi connectivity index (χ1v) is 9.73. The van der Waals surface area contributed by atoms with Crippen molar-refractivity contribution in [2.45, 2.75) is 6.10 Å². The standard InChI is InChI=1S/C19H16BrFN4O2.CH2O3.2K/c20-15-9-22-19(25-18(15)23-12-4-2-1-3-5-12)24-17-7-6-13(8-16(17)21)26-10-14-11-27-14;2-1(3)4;;/h1-9,14H,10-11H2,(H2,22,23,24,25);(H2,2,3,4);;/q;;2*+1/p-2. The Kier molecular flexibility index (Phi) is 14.7. The second kappa shape index (κ2) is 15.8. The first-order valence-electron chi connectivity index (χ1n) is 8.94. The molecule has 1 aliphatic heterocycles. The summed E-state index contributed by atoms with van der Waals surface area (Å²) in [4.78, 5) is 16.9. The fourth-order valence-electron chi connectivity index (χ4n) is 2.33. The number of carboxylic acid groups (broad SMARTS) is 2. The Balaban J connectivity index is 0.000000842. The molecule has 1 saturated heterocycles. The summed E-state index contributed by atoms with van der Waals surface area (Å²) < 4.78 is 25.6. The van der Waals surface area contributed by atoms with E-state index in [1.165, 1.54) is 6.07 Å². The number of nitrogens with zero attached hydrogens (tertiary/aromatic N) is 2. The number of hydrogen-bond donors (Lipinski definition) is 2. The fourth-order valence-corrected chi connectivity index (χ4v) is 2.62. The summed E-state index contributed by atoms with van der Waals surface area (Å²) in [5.74, 6) is 0.851. The van der Waals surface area contributed by atoms with Gasteiger partial charge < -0.3 is 35.1 Å². The number of benzene rings is 2. The molecule has 0 amide bonds. The van der Waals surface area contributed by atoms with Crippen molar-refractivity contribution in [2.75, 3.05) is 23.8 Å². The molecule has 162 valence electrons. The smallest absolute Gasteiger partial charge is 0.652 e. The molecular formula is C20H16BrFK2N4O5. The van der Waals surface area contributed by atoms with E-state index in [0.29, 0.717) is 29.3 Å². The van der Waals surface area contributed by atoms with E-state index < -0.39 is 12.0 Å². The molecule has 2 heterocycles. The summed E-state index contributed by atoms with van der Waals surface area (Å²) in [5.41, 5.74) is 1.15. The molecule has 1 fully saturated rings. The number of epoxide rings is 1. The maximum absolute atomic E-state index is 14.3. The molecule has 3 aromatic rings. The number of carbonyl (C=O) groups excluding carboxylic acids is 1. The number of para-hydroxylation sites is 1. The average Bonchev–Trinajstić information content (AvgIpc) is 3.56. The van der Waals surface area contributed by atoms with Crippen LogP contribution in [0.1, 0.15) is 0 Å². The van der Waals surface area contributed by atoms with Crippen molar-refractivity contribution in [1.82, 2.24) is 9.97 Å². The Labute approximate surface area is 282 Å². The van der Waals surface area contributed by atoms with Crippen molar-refractivity contribution in [3.8, 4) is 5.75 Å². The van der Waals surface area contributed by atoms with Crippen LogP contribution >= 0.6 is 15.9 Å². The van der Waals surface area contributed by atoms with Crippen LogP contribution in [-0.2, 0) is 4.74 Å². The minimum Gasteiger partial charge on any atom is -0.652 e. The molecule has 9 nitrogen and oxygen atoms in total. The molecule has 4 rings (SSSR count). The van der Waals surface area contributed by atoms with Gasteiger partial charge in [-0.2, -0.15) is 4.98 Å². The van der Waals surface area contributed by atoms with Gasteiger partial charge in [0.15, 0.2) is 0 Å². The fraction of sp³-hybridized carbons (Fsp3) is 0.150. The van der Waals surface area contributed by atoms with Crippen molar-refractivity contribution in [1.29, 1.82) is 0 Å². The zero-order valence-electron chi connectivity index (χ0n) is 17.9. The van der Waals surface area contributed by atoms with Gasteiger partial charge in [-0.15, -0.1) is 0 Å². The SMILES string of the molecule is Fc1cc(OCC2CO2)ccc1Nc1ncc(Br)c(Nc2ccccc2)n1.O=C([O-])[O-].[K+].[K+]. The van der Waals surface area contributed by atoms with Crippen molar-refractivity contribution in [3.05, 3.63) is 65.0 Å². The molecule has 0 bridgehead atoms. The average molecular weight is 569 g/mol. The molecule has 13 heteroatoms. The minimum atomic E-state index is -2.33. The molecule has 2 N–H and O–H groups in total. The van der Waals surface area contributed by atoms with Crippen LogP contribution in [0.3, 0.4) is 0 Å². The molecule has 0 radical (unpaired) electrons. The second-order valence-electron chi connectivity index (χ2n) is 6.16. The number of nitrogens with one attached hydrogen (secondary N) is 2. The number of anilines is 4. The molecule has 0 aliphatic carbocycles. The summed E-state index contributed by atoms with van der Waals surface area (Å²) in [6.45, 7) is 1.12. The van der Waals surface area contributed by atoms with Crippen LogP contribution in [0.4, 0.5) is 32.3 Å². The summed E-state index contributed by atoms with van der Waals surface area (Å²) in [6.07, 6.45) is -0.608. The van der Waals surface area contributed by atoms with E-state index >= 15 is 0 Å². The van der Waals surface area contributed by atoms with Gasteiger partial charge in [0.1, 0.15) is 30.1 Å². The van der Waals surface area contributed by atoms with E-state index in [4.69, 9.17) is 24.5 Å². The topological polar surface area (TPSA) is 135 Å². The van der Waals surface area contributed by atoms with Gasteiger partial charge in [0.05, 0.1) is 16.8 Å². The Bertz CT molecular complexity index is 1040. The van der Waals surface area contributed by atoms with Gasteiger partial charge in [-0.3, -0.25) is 0 Å². The molecule has 2 aromatic carbocycles. The quantitative estimate of drug-likeness (QED) is 0.217. The van der Waals surface area contributed by atoms with Gasteiger partial charge in [0.2, 0.25) is 5.95 Å². The van der Waals surface area contributed by atoms with Crippen molar-refractivity contribution in [2.24, 2.45) is 0 Å². The van der Waals surface area contributed by atoms with Crippen molar-refractivity contribution in [3.63, 3.8) is 0 Å². The number of ether oxygens (including phenoxy) is 2. The van der Waals surface area contributed by atoms with Crippen LogP contribution in [0.25, 0.3) is 0 Å². The van der Waals surface area contributed by atoms with E-state index in [1.54, 1.807) is 18.3 Å². The van der Waals surface area contributed by atoms with Crippen molar-refractivity contribution >= 4 is 45.2 Å². The summed E-state index contributed by atoms with van der Waals surface area (Å²) in [5, 5.41) is 22.8. The van der Waals surface area contributed by atoms with Crippen LogP contribution in [-0.4, -0.2) is 35.4 Å². The van der Waals surface area contributed by atoms with Gasteiger partial charge >= 0.3 is 103 Å². The van der Waals surface area contributed by atoms with Crippen LogP contribution in [0, 0.1) is 5.82 Å². The number of carbonyl (C=O) groups is 1. The summed E-state index contributed by atoms with van der Waals surface area (Å²) in [7, 11) is 0. The third-order valence-electron chi connectivity index (χ3n) is 3.81. The molecule has 1 aromatic heterocycles. The first-order chi connectivity index (χ1) is 14.9. The van der Waals surface area contributed by atoms with Crippen LogP contribution < -0.4 is 128 Å². The van der Waals surface area contributed by atoms with E-state index in [1.807, 2.05) is 30.3 Å². The zero-order valence-corrected chi connectivity index (χ0v) is 25.7. The Morgan fingerprint density at radius 2 is 1.85 bits per heavy atom. The second-order valence-corrected chi connectivity index (χ2v) is 7.02. The number of halogens is 2. The summed E-state index contributed by atoms with van der Waals surface area (Å²) >= 11 is 3.42. The summed E-state index contributed by atoms with van der Waals surface area (Å²) in [6, 6.07) is 14.2. The minimum absolute atomic E-state index is 0. The van der Waals surface area contributed by atoms with E-state index in [-0.39, 0.29) is 121 Å². The molecule has 1 atom stereocenters. The molecule has 1 aliphatic rings. The van der Waals surface area contributed by atoms with Gasteiger partial charge in [0.25, 0.3) is 0 Å². The van der Waals surface area contributed by atoms with Crippen molar-refractivity contribution < 1.29 is 132 Å². The number of hydrogen-bond acceptors (Lipinski definition) is 9. The Morgan fingerprint density at radius 1 is 1.18 bits per heavy atom. The maximum Gasteiger partial charge on any atom is 1.00 e. The Morgan fingerprint density at radius 3 is 2.45 bits per heavy atom. The normalized spacial score (nSPS) is 13.2. The number of rotatable bonds is 7. The Hall–Kier alpha value is -0.167. The van der Waals surface area contributed by atoms with E-state index in [2.05, 4.69) is 36.5 Å². The van der Waals surface area contributed by atoms with Gasteiger partial charge in [-0.25, -0.2) is 9.37 Å². The molecular weight excluding hydrogens is 553 g/mol. The van der Waals surface area contributed by atoms with Gasteiger partial charge in [-0.1, -0.05) is 18.2 Å². The first kappa shape index (κ1) is 30.9. The zero-order chi connectivity index (χ0) is 22.2. The van der Waals surface area contributed by atoms with Crippen LogP contribution in [0.15, 0.2) is 59.2 Å². The molecule has 0 saturated carbocycles. The third-order valence-corrected chi connectivity index (χ3v) is 4.39. The maximum atomic E-state index is 14.3. The van der Waals surface area contributed by atoms with Gasteiger partial charge in [0, 0.05) is 18.0 Å². The van der Waals surface area contributed by atoms with Crippen LogP contribution in [0.2, 0.25) is 0 Å². The van der Waals surface area contributed by atoms with Crippen LogP contribution in [0.5, 0.6) is 5.75 Å². The predicted molar refractivity (Wildman–Crippen MR) is 110 cm³/mol. The largest absolute Gasteiger partial charge is 1.00 e. The van der Waals surface area contributed by atoms with Gasteiger partial charge in [-0.05, 0) is 46.4 Å². The van der Waals surface area contributed by atoms with E-state index in [0.717, 1.165) is 5.69 Å². The third kappa shape index (κ3) is 11.4. The number of aromatic nitrogens is 2. The monoisotopic (exact) mass is 568 g/mol.